The molecule has 2 aromatic rings. The fourth-order valence-electron chi connectivity index (χ4n) is 5.08. The minimum absolute atomic E-state index is 0.0353. The van der Waals surface area contributed by atoms with Crippen LogP contribution in [0.3, 0.4) is 0 Å². The van der Waals surface area contributed by atoms with Crippen LogP contribution < -0.4 is 15.0 Å². The summed E-state index contributed by atoms with van der Waals surface area (Å²) in [6, 6.07) is 0.821. The van der Waals surface area contributed by atoms with Crippen molar-refractivity contribution in [3.05, 3.63) is 42.1 Å². The first-order valence-corrected chi connectivity index (χ1v) is 11.7. The maximum atomic E-state index is 12.5. The third-order valence-corrected chi connectivity index (χ3v) is 6.94. The number of anilines is 1. The molecule has 5 rings (SSSR count). The smallest absolute Gasteiger partial charge is 0.318 e. The van der Waals surface area contributed by atoms with Crippen molar-refractivity contribution < 1.29 is 9.53 Å². The summed E-state index contributed by atoms with van der Waals surface area (Å²) in [7, 11) is 2.14. The molecular formula is C23H32N8O2. The number of nitrogens with zero attached hydrogens (tertiary/aromatic N) is 6. The zero-order chi connectivity index (χ0) is 22.8. The summed E-state index contributed by atoms with van der Waals surface area (Å²) in [6.45, 7) is 8.82. The highest BCUT2D eigenvalue weighted by atomic mass is 16.5. The number of aromatic amines is 1. The van der Waals surface area contributed by atoms with Gasteiger partial charge in [0.15, 0.2) is 0 Å². The molecule has 3 aliphatic rings. The molecule has 2 atom stereocenters. The highest BCUT2D eigenvalue weighted by molar-refractivity contribution is 5.87. The number of likely N-dealkylation sites (N-methyl/N-ethyl adjacent to an activating group) is 1. The van der Waals surface area contributed by atoms with E-state index in [1.54, 1.807) is 6.20 Å². The summed E-state index contributed by atoms with van der Waals surface area (Å²) < 4.78 is 6.09. The number of rotatable bonds is 7. The second kappa shape index (κ2) is 9.48. The Balaban J connectivity index is 1.37. The van der Waals surface area contributed by atoms with Crippen molar-refractivity contribution >= 4 is 11.7 Å². The normalized spacial score (nSPS) is 23.1. The van der Waals surface area contributed by atoms with Gasteiger partial charge < -0.3 is 29.7 Å². The minimum Gasteiger partial charge on any atom is -0.462 e. The summed E-state index contributed by atoms with van der Waals surface area (Å²) in [5.74, 6) is 1.73. The Labute approximate surface area is 194 Å². The highest BCUT2D eigenvalue weighted by Crippen LogP contribution is 2.29. The van der Waals surface area contributed by atoms with Crippen LogP contribution in [0.15, 0.2) is 25.0 Å². The van der Waals surface area contributed by atoms with Gasteiger partial charge in [0.25, 0.3) is 0 Å². The van der Waals surface area contributed by atoms with E-state index in [1.807, 2.05) is 11.1 Å². The van der Waals surface area contributed by atoms with Crippen LogP contribution >= 0.6 is 0 Å². The fourth-order valence-corrected chi connectivity index (χ4v) is 5.08. The molecule has 1 amide bonds. The summed E-state index contributed by atoms with van der Waals surface area (Å²) in [5, 5.41) is 3.40. The van der Waals surface area contributed by atoms with Crippen LogP contribution in [0, 0.1) is 0 Å². The number of imidazole rings is 1. The van der Waals surface area contributed by atoms with Gasteiger partial charge in [0.2, 0.25) is 5.91 Å². The van der Waals surface area contributed by atoms with Crippen molar-refractivity contribution in [3.63, 3.8) is 0 Å². The Morgan fingerprint density at radius 1 is 1.27 bits per heavy atom. The Morgan fingerprint density at radius 3 is 2.94 bits per heavy atom. The number of carbonyl (C=O) groups is 1. The van der Waals surface area contributed by atoms with Gasteiger partial charge in [0.05, 0.1) is 11.7 Å². The molecule has 33 heavy (non-hydrogen) atoms. The van der Waals surface area contributed by atoms with E-state index >= 15 is 0 Å². The second-order valence-corrected chi connectivity index (χ2v) is 9.02. The molecule has 0 unspecified atom stereocenters. The number of hydrogen-bond acceptors (Lipinski definition) is 8. The van der Waals surface area contributed by atoms with Crippen LogP contribution in [0.4, 0.5) is 5.82 Å². The first-order valence-electron chi connectivity index (χ1n) is 11.7. The van der Waals surface area contributed by atoms with Crippen LogP contribution in [0.1, 0.15) is 29.9 Å². The number of ether oxygens (including phenoxy) is 1. The van der Waals surface area contributed by atoms with E-state index < -0.39 is 0 Å². The van der Waals surface area contributed by atoms with Crippen molar-refractivity contribution in [1.29, 1.82) is 0 Å². The van der Waals surface area contributed by atoms with Gasteiger partial charge in [-0.25, -0.2) is 4.98 Å². The van der Waals surface area contributed by atoms with E-state index in [9.17, 15) is 4.79 Å². The Bertz CT molecular complexity index is 995. The maximum Gasteiger partial charge on any atom is 0.318 e. The number of hydrogen-bond donors (Lipinski definition) is 2. The first kappa shape index (κ1) is 21.8. The average Bonchev–Trinajstić information content (AvgIpc) is 3.59. The summed E-state index contributed by atoms with van der Waals surface area (Å²) >= 11 is 0. The third-order valence-electron chi connectivity index (χ3n) is 6.94. The quantitative estimate of drug-likeness (QED) is 0.593. The molecular weight excluding hydrogens is 420 g/mol. The van der Waals surface area contributed by atoms with Gasteiger partial charge in [-0.1, -0.05) is 6.58 Å². The molecule has 2 aromatic heterocycles. The van der Waals surface area contributed by atoms with Crippen molar-refractivity contribution in [2.75, 3.05) is 44.7 Å². The molecule has 176 valence electrons. The number of nitrogens with one attached hydrogen (secondary N) is 2. The van der Waals surface area contributed by atoms with Gasteiger partial charge in [-0.05, 0) is 32.5 Å². The van der Waals surface area contributed by atoms with Gasteiger partial charge >= 0.3 is 6.01 Å². The molecule has 0 aromatic carbocycles. The van der Waals surface area contributed by atoms with Crippen LogP contribution in [-0.4, -0.2) is 87.6 Å². The van der Waals surface area contributed by atoms with E-state index in [2.05, 4.69) is 38.7 Å². The number of piperazine rings is 1. The summed E-state index contributed by atoms with van der Waals surface area (Å²) in [4.78, 5) is 36.1. The molecule has 3 aliphatic heterocycles. The van der Waals surface area contributed by atoms with E-state index in [4.69, 9.17) is 14.7 Å². The lowest BCUT2D eigenvalue weighted by Crippen LogP contribution is -2.56. The average molecular weight is 453 g/mol. The fraction of sp³-hybridized carbons (Fsp3) is 0.565. The SMILES string of the molecule is C=CC(=O)N1CCN(c2nc(OC[C@@H]3CCCN3C)nc3c2CNC3)C[C@@H]1Cc1ncc[nH]1. The number of likely N-dealkylation sites (tertiary alicyclic amines) is 1. The van der Waals surface area contributed by atoms with Gasteiger partial charge in [-0.3, -0.25) is 4.79 Å². The predicted octanol–water partition coefficient (Wildman–Crippen LogP) is 0.722. The molecule has 2 saturated heterocycles. The van der Waals surface area contributed by atoms with Crippen LogP contribution in [0.5, 0.6) is 6.01 Å². The first-order chi connectivity index (χ1) is 16.1. The second-order valence-electron chi connectivity index (χ2n) is 9.02. The lowest BCUT2D eigenvalue weighted by molar-refractivity contribution is -0.128. The topological polar surface area (TPSA) is 103 Å². The lowest BCUT2D eigenvalue weighted by Gasteiger charge is -2.41. The Morgan fingerprint density at radius 2 is 2.18 bits per heavy atom. The number of fused-ring (bicyclic) bond motifs is 1. The monoisotopic (exact) mass is 452 g/mol. The van der Waals surface area contributed by atoms with Crippen molar-refractivity contribution in [1.82, 2.24) is 35.1 Å². The molecule has 0 radical (unpaired) electrons. The molecule has 0 saturated carbocycles. The van der Waals surface area contributed by atoms with E-state index in [0.717, 1.165) is 49.0 Å². The predicted molar refractivity (Wildman–Crippen MR) is 124 cm³/mol. The van der Waals surface area contributed by atoms with Crippen LogP contribution in [0.2, 0.25) is 0 Å². The van der Waals surface area contributed by atoms with Crippen molar-refractivity contribution in [3.8, 4) is 6.01 Å². The zero-order valence-corrected chi connectivity index (χ0v) is 19.2. The molecule has 0 spiro atoms. The molecule has 5 heterocycles. The standard InChI is InChI=1S/C23H32N8O2/c1-3-21(32)31-10-9-30(14-17(31)11-20-25-6-7-26-20)22-18-12-24-13-19(18)27-23(28-22)33-15-16-5-4-8-29(16)2/h3,6-7,16-17,24H,1,4-5,8-15H2,2H3,(H,25,26)/t16-,17-/m0/s1. The third kappa shape index (κ3) is 4.58. The summed E-state index contributed by atoms with van der Waals surface area (Å²) in [6.07, 6.45) is 7.93. The van der Waals surface area contributed by atoms with Crippen molar-refractivity contribution in [2.24, 2.45) is 0 Å². The van der Waals surface area contributed by atoms with Crippen LogP contribution in [0.25, 0.3) is 0 Å². The van der Waals surface area contributed by atoms with E-state index in [0.29, 0.717) is 44.7 Å². The minimum atomic E-state index is -0.0505. The van der Waals surface area contributed by atoms with Gasteiger partial charge in [-0.15, -0.1) is 0 Å². The number of aromatic nitrogens is 4. The van der Waals surface area contributed by atoms with E-state index in [-0.39, 0.29) is 11.9 Å². The molecule has 0 bridgehead atoms. The largest absolute Gasteiger partial charge is 0.462 e. The molecule has 2 fully saturated rings. The number of H-pyrrole nitrogens is 1. The number of amides is 1. The van der Waals surface area contributed by atoms with Gasteiger partial charge in [-0.2, -0.15) is 9.97 Å². The van der Waals surface area contributed by atoms with Gasteiger partial charge in [0.1, 0.15) is 18.2 Å². The zero-order valence-electron chi connectivity index (χ0n) is 19.2. The van der Waals surface area contributed by atoms with Crippen LogP contribution in [-0.2, 0) is 24.3 Å². The highest BCUT2D eigenvalue weighted by Gasteiger charge is 2.33. The molecule has 2 N–H and O–H groups in total. The summed E-state index contributed by atoms with van der Waals surface area (Å²) in [5.41, 5.74) is 2.13. The maximum absolute atomic E-state index is 12.5. The Hall–Kier alpha value is -2.98. The van der Waals surface area contributed by atoms with E-state index in [1.165, 1.54) is 12.5 Å². The molecule has 0 aliphatic carbocycles. The lowest BCUT2D eigenvalue weighted by atomic mass is 10.1. The molecule has 10 nitrogen and oxygen atoms in total. The van der Waals surface area contributed by atoms with Gasteiger partial charge in [0, 0.05) is 63.1 Å². The number of carbonyl (C=O) groups excluding carboxylic acids is 1. The Kier molecular flexibility index (Phi) is 6.28. The van der Waals surface area contributed by atoms with Crippen molar-refractivity contribution in [2.45, 2.75) is 44.4 Å². The molecule has 10 heteroatoms.